The third kappa shape index (κ3) is 2.92. The van der Waals surface area contributed by atoms with Gasteiger partial charge in [-0.05, 0) is 19.3 Å². The van der Waals surface area contributed by atoms with Gasteiger partial charge in [0.05, 0.1) is 12.7 Å². The zero-order chi connectivity index (χ0) is 11.2. The quantitative estimate of drug-likeness (QED) is 0.822. The lowest BCUT2D eigenvalue weighted by Gasteiger charge is -2.26. The molecule has 0 aliphatic carbocycles. The van der Waals surface area contributed by atoms with E-state index in [4.69, 9.17) is 0 Å². The first-order chi connectivity index (χ1) is 7.86. The molecule has 2 heterocycles. The van der Waals surface area contributed by atoms with Gasteiger partial charge in [0.2, 0.25) is 5.91 Å². The molecule has 0 bridgehead atoms. The summed E-state index contributed by atoms with van der Waals surface area (Å²) < 4.78 is 0. The van der Waals surface area contributed by atoms with E-state index in [-0.39, 0.29) is 5.91 Å². The van der Waals surface area contributed by atoms with E-state index >= 15 is 0 Å². The summed E-state index contributed by atoms with van der Waals surface area (Å²) in [5.74, 6) is 0.790. The van der Waals surface area contributed by atoms with Crippen LogP contribution in [-0.2, 0) is 4.79 Å². The minimum Gasteiger partial charge on any atom is -0.360 e. The maximum atomic E-state index is 11.8. The topological polar surface area (TPSA) is 58.1 Å². The van der Waals surface area contributed by atoms with E-state index in [1.807, 2.05) is 4.90 Å². The molecule has 0 spiro atoms. The van der Waals surface area contributed by atoms with Gasteiger partial charge in [0.15, 0.2) is 0 Å². The Kier molecular flexibility index (Phi) is 3.69. The van der Waals surface area contributed by atoms with Crippen molar-refractivity contribution in [3.05, 3.63) is 18.6 Å². The van der Waals surface area contributed by atoms with Gasteiger partial charge in [-0.3, -0.25) is 9.78 Å². The molecule has 1 aromatic rings. The van der Waals surface area contributed by atoms with Crippen LogP contribution in [0.15, 0.2) is 18.6 Å². The Bertz CT molecular complexity index is 335. The van der Waals surface area contributed by atoms with Crippen LogP contribution in [0.5, 0.6) is 0 Å². The Balaban J connectivity index is 1.79. The van der Waals surface area contributed by atoms with Crippen molar-refractivity contribution < 1.29 is 4.79 Å². The summed E-state index contributed by atoms with van der Waals surface area (Å²) in [5, 5.41) is 2.98. The zero-order valence-corrected chi connectivity index (χ0v) is 9.22. The van der Waals surface area contributed by atoms with E-state index in [1.165, 1.54) is 6.42 Å². The number of carbonyl (C=O) groups excluding carboxylic acids is 1. The lowest BCUT2D eigenvalue weighted by Crippen LogP contribution is -2.39. The largest absolute Gasteiger partial charge is 0.360 e. The van der Waals surface area contributed by atoms with Gasteiger partial charge in [-0.25, -0.2) is 4.98 Å². The summed E-state index contributed by atoms with van der Waals surface area (Å²) in [6, 6.07) is 0. The van der Waals surface area contributed by atoms with Gasteiger partial charge in [-0.1, -0.05) is 0 Å². The molecule has 0 atom stereocenters. The van der Waals surface area contributed by atoms with Gasteiger partial charge < -0.3 is 10.2 Å². The Morgan fingerprint density at radius 3 is 2.81 bits per heavy atom. The summed E-state index contributed by atoms with van der Waals surface area (Å²) in [6.07, 6.45) is 8.31. The van der Waals surface area contributed by atoms with Crippen LogP contribution < -0.4 is 5.32 Å². The predicted molar refractivity (Wildman–Crippen MR) is 61.0 cm³/mol. The minimum absolute atomic E-state index is 0.144. The number of anilines is 1. The van der Waals surface area contributed by atoms with Gasteiger partial charge in [-0.15, -0.1) is 0 Å². The van der Waals surface area contributed by atoms with Crippen molar-refractivity contribution in [1.29, 1.82) is 0 Å². The number of nitrogens with zero attached hydrogens (tertiary/aromatic N) is 3. The number of aromatic nitrogens is 2. The highest BCUT2D eigenvalue weighted by Gasteiger charge is 2.15. The lowest BCUT2D eigenvalue weighted by molar-refractivity contribution is -0.130. The van der Waals surface area contributed by atoms with Gasteiger partial charge in [-0.2, -0.15) is 0 Å². The van der Waals surface area contributed by atoms with Crippen LogP contribution in [0.3, 0.4) is 0 Å². The van der Waals surface area contributed by atoms with Crippen LogP contribution in [-0.4, -0.2) is 40.4 Å². The van der Waals surface area contributed by atoms with Crippen LogP contribution in [0.2, 0.25) is 0 Å². The number of piperidine rings is 1. The van der Waals surface area contributed by atoms with E-state index in [2.05, 4.69) is 15.3 Å². The summed E-state index contributed by atoms with van der Waals surface area (Å²) in [4.78, 5) is 21.7. The molecule has 1 N–H and O–H groups in total. The third-order valence-electron chi connectivity index (χ3n) is 2.69. The molecular formula is C11H16N4O. The maximum Gasteiger partial charge on any atom is 0.241 e. The average molecular weight is 220 g/mol. The van der Waals surface area contributed by atoms with E-state index in [0.29, 0.717) is 12.4 Å². The molecule has 0 saturated carbocycles. The van der Waals surface area contributed by atoms with E-state index in [0.717, 1.165) is 25.9 Å². The fraction of sp³-hybridized carbons (Fsp3) is 0.545. The Labute approximate surface area is 94.9 Å². The SMILES string of the molecule is O=C(CNc1cnccn1)N1CCCCC1. The molecule has 1 aromatic heterocycles. The van der Waals surface area contributed by atoms with Crippen molar-refractivity contribution in [3.63, 3.8) is 0 Å². The van der Waals surface area contributed by atoms with Crippen molar-refractivity contribution in [2.45, 2.75) is 19.3 Å². The molecule has 1 fully saturated rings. The fourth-order valence-corrected chi connectivity index (χ4v) is 1.81. The first-order valence-corrected chi connectivity index (χ1v) is 5.64. The molecule has 0 radical (unpaired) electrons. The highest BCUT2D eigenvalue weighted by molar-refractivity contribution is 5.80. The number of rotatable bonds is 3. The fourth-order valence-electron chi connectivity index (χ4n) is 1.81. The molecule has 2 rings (SSSR count). The van der Waals surface area contributed by atoms with Crippen molar-refractivity contribution >= 4 is 11.7 Å². The highest BCUT2D eigenvalue weighted by atomic mass is 16.2. The van der Waals surface area contributed by atoms with Crippen LogP contribution in [0.25, 0.3) is 0 Å². The summed E-state index contributed by atoms with van der Waals surface area (Å²) in [5.41, 5.74) is 0. The smallest absolute Gasteiger partial charge is 0.241 e. The number of carbonyl (C=O) groups is 1. The van der Waals surface area contributed by atoms with Crippen molar-refractivity contribution in [1.82, 2.24) is 14.9 Å². The second-order valence-electron chi connectivity index (χ2n) is 3.89. The molecule has 86 valence electrons. The number of hydrogen-bond acceptors (Lipinski definition) is 4. The Morgan fingerprint density at radius 2 is 2.12 bits per heavy atom. The molecule has 0 aromatic carbocycles. The van der Waals surface area contributed by atoms with Gasteiger partial charge in [0, 0.05) is 25.5 Å². The summed E-state index contributed by atoms with van der Waals surface area (Å²) in [7, 11) is 0. The Hall–Kier alpha value is -1.65. The molecule has 1 amide bonds. The molecule has 16 heavy (non-hydrogen) atoms. The molecule has 5 nitrogen and oxygen atoms in total. The first kappa shape index (κ1) is 10.9. The molecule has 1 saturated heterocycles. The standard InChI is InChI=1S/C11H16N4O/c16-11(15-6-2-1-3-7-15)9-14-10-8-12-4-5-13-10/h4-5,8H,1-3,6-7,9H2,(H,13,14). The van der Waals surface area contributed by atoms with E-state index in [9.17, 15) is 4.79 Å². The van der Waals surface area contributed by atoms with Crippen molar-refractivity contribution in [3.8, 4) is 0 Å². The molecule has 1 aliphatic heterocycles. The summed E-state index contributed by atoms with van der Waals surface area (Å²) in [6.45, 7) is 2.08. The molecule has 0 unspecified atom stereocenters. The van der Waals surface area contributed by atoms with Crippen LogP contribution in [0, 0.1) is 0 Å². The Morgan fingerprint density at radius 1 is 1.31 bits per heavy atom. The minimum atomic E-state index is 0.144. The lowest BCUT2D eigenvalue weighted by atomic mass is 10.1. The number of hydrogen-bond donors (Lipinski definition) is 1. The van der Waals surface area contributed by atoms with E-state index in [1.54, 1.807) is 18.6 Å². The van der Waals surface area contributed by atoms with Crippen LogP contribution in [0.1, 0.15) is 19.3 Å². The number of nitrogens with one attached hydrogen (secondary N) is 1. The highest BCUT2D eigenvalue weighted by Crippen LogP contribution is 2.08. The van der Waals surface area contributed by atoms with Gasteiger partial charge in [0.25, 0.3) is 0 Å². The zero-order valence-electron chi connectivity index (χ0n) is 9.22. The molecular weight excluding hydrogens is 204 g/mol. The number of amides is 1. The first-order valence-electron chi connectivity index (χ1n) is 5.64. The second-order valence-corrected chi connectivity index (χ2v) is 3.89. The number of likely N-dealkylation sites (tertiary alicyclic amines) is 1. The normalized spacial score (nSPS) is 15.9. The monoisotopic (exact) mass is 220 g/mol. The van der Waals surface area contributed by atoms with Crippen molar-refractivity contribution in [2.24, 2.45) is 0 Å². The maximum absolute atomic E-state index is 11.8. The van der Waals surface area contributed by atoms with E-state index < -0.39 is 0 Å². The molecule has 1 aliphatic rings. The van der Waals surface area contributed by atoms with Crippen LogP contribution >= 0.6 is 0 Å². The second kappa shape index (κ2) is 5.44. The molecule has 5 heteroatoms. The van der Waals surface area contributed by atoms with Crippen LogP contribution in [0.4, 0.5) is 5.82 Å². The summed E-state index contributed by atoms with van der Waals surface area (Å²) >= 11 is 0. The average Bonchev–Trinajstić information content (AvgIpc) is 2.38. The van der Waals surface area contributed by atoms with Gasteiger partial charge in [0.1, 0.15) is 5.82 Å². The van der Waals surface area contributed by atoms with Crippen molar-refractivity contribution in [2.75, 3.05) is 25.0 Å². The predicted octanol–water partition coefficient (Wildman–Crippen LogP) is 0.901. The van der Waals surface area contributed by atoms with Gasteiger partial charge >= 0.3 is 0 Å². The third-order valence-corrected chi connectivity index (χ3v) is 2.69.